The first-order valence-electron chi connectivity index (χ1n) is 9.69. The highest BCUT2D eigenvalue weighted by atomic mass is 32.1. The Hall–Kier alpha value is -3.45. The SMILES string of the molecule is CCc1nc(CNC(=O)c2cn(-c3ccccc3)nc2-c2ccc(OC)cc2)cs1. The molecule has 0 saturated carbocycles. The van der Waals surface area contributed by atoms with E-state index in [1.54, 1.807) is 29.3 Å². The lowest BCUT2D eigenvalue weighted by atomic mass is 10.1. The number of amides is 1. The third-order valence-electron chi connectivity index (χ3n) is 4.67. The van der Waals surface area contributed by atoms with Gasteiger partial charge in [-0.2, -0.15) is 5.10 Å². The Morgan fingerprint density at radius 1 is 1.13 bits per heavy atom. The summed E-state index contributed by atoms with van der Waals surface area (Å²) in [4.78, 5) is 17.6. The summed E-state index contributed by atoms with van der Waals surface area (Å²) in [5, 5.41) is 10.7. The van der Waals surface area contributed by atoms with Crippen LogP contribution in [0.2, 0.25) is 0 Å². The van der Waals surface area contributed by atoms with Crippen molar-refractivity contribution in [3.05, 3.63) is 82.4 Å². The minimum atomic E-state index is -0.186. The Labute approximate surface area is 179 Å². The quantitative estimate of drug-likeness (QED) is 0.480. The number of ether oxygens (including phenoxy) is 1. The summed E-state index contributed by atoms with van der Waals surface area (Å²) in [6.07, 6.45) is 2.66. The van der Waals surface area contributed by atoms with Crippen molar-refractivity contribution in [2.24, 2.45) is 0 Å². The van der Waals surface area contributed by atoms with Crippen LogP contribution in [-0.4, -0.2) is 27.8 Å². The summed E-state index contributed by atoms with van der Waals surface area (Å²) >= 11 is 1.61. The maximum Gasteiger partial charge on any atom is 0.255 e. The van der Waals surface area contributed by atoms with Crippen molar-refractivity contribution >= 4 is 17.2 Å². The first-order chi connectivity index (χ1) is 14.7. The first-order valence-corrected chi connectivity index (χ1v) is 10.6. The topological polar surface area (TPSA) is 69.0 Å². The molecule has 4 rings (SSSR count). The van der Waals surface area contributed by atoms with Crippen LogP contribution in [0.4, 0.5) is 0 Å². The summed E-state index contributed by atoms with van der Waals surface area (Å²) in [5.74, 6) is 0.566. The lowest BCUT2D eigenvalue weighted by Crippen LogP contribution is -2.23. The van der Waals surface area contributed by atoms with E-state index in [2.05, 4.69) is 17.2 Å². The number of thiazole rings is 1. The number of hydrogen-bond acceptors (Lipinski definition) is 5. The van der Waals surface area contributed by atoms with Gasteiger partial charge in [0, 0.05) is 17.1 Å². The van der Waals surface area contributed by atoms with Crippen molar-refractivity contribution < 1.29 is 9.53 Å². The number of nitrogens with zero attached hydrogens (tertiary/aromatic N) is 3. The summed E-state index contributed by atoms with van der Waals surface area (Å²) in [6, 6.07) is 17.3. The molecule has 0 aliphatic rings. The number of benzene rings is 2. The van der Waals surface area contributed by atoms with Gasteiger partial charge >= 0.3 is 0 Å². The van der Waals surface area contributed by atoms with Crippen molar-refractivity contribution in [1.82, 2.24) is 20.1 Å². The molecule has 2 aromatic carbocycles. The third kappa shape index (κ3) is 4.26. The van der Waals surface area contributed by atoms with Crippen molar-refractivity contribution in [2.45, 2.75) is 19.9 Å². The zero-order valence-corrected chi connectivity index (χ0v) is 17.6. The van der Waals surface area contributed by atoms with E-state index in [0.717, 1.165) is 34.1 Å². The molecule has 4 aromatic rings. The van der Waals surface area contributed by atoms with E-state index in [4.69, 9.17) is 9.84 Å². The molecule has 2 aromatic heterocycles. The van der Waals surface area contributed by atoms with E-state index in [-0.39, 0.29) is 5.91 Å². The molecule has 0 unspecified atom stereocenters. The van der Waals surface area contributed by atoms with Gasteiger partial charge in [0.2, 0.25) is 0 Å². The van der Waals surface area contributed by atoms with Gasteiger partial charge in [0.1, 0.15) is 11.4 Å². The fraction of sp³-hybridized carbons (Fsp3) is 0.174. The number of hydrogen-bond donors (Lipinski definition) is 1. The van der Waals surface area contributed by atoms with E-state index in [1.807, 2.05) is 60.0 Å². The normalized spacial score (nSPS) is 10.7. The van der Waals surface area contributed by atoms with Crippen LogP contribution in [-0.2, 0) is 13.0 Å². The molecule has 0 saturated heterocycles. The fourth-order valence-corrected chi connectivity index (χ4v) is 3.82. The zero-order valence-electron chi connectivity index (χ0n) is 16.8. The van der Waals surface area contributed by atoms with E-state index in [0.29, 0.717) is 17.8 Å². The Kier molecular flexibility index (Phi) is 5.90. The largest absolute Gasteiger partial charge is 0.497 e. The lowest BCUT2D eigenvalue weighted by Gasteiger charge is -2.05. The predicted octanol–water partition coefficient (Wildman–Crippen LogP) is 4.50. The fourth-order valence-electron chi connectivity index (χ4n) is 3.07. The molecule has 0 bridgehead atoms. The highest BCUT2D eigenvalue weighted by Gasteiger charge is 2.19. The van der Waals surface area contributed by atoms with Gasteiger partial charge in [0.25, 0.3) is 5.91 Å². The average molecular weight is 419 g/mol. The minimum absolute atomic E-state index is 0.186. The number of para-hydroxylation sites is 1. The molecule has 7 heteroatoms. The molecule has 0 fully saturated rings. The minimum Gasteiger partial charge on any atom is -0.497 e. The second-order valence-corrected chi connectivity index (χ2v) is 7.61. The maximum absolute atomic E-state index is 13.0. The van der Waals surface area contributed by atoms with Crippen molar-refractivity contribution in [2.75, 3.05) is 7.11 Å². The van der Waals surface area contributed by atoms with Crippen LogP contribution in [0.25, 0.3) is 16.9 Å². The van der Waals surface area contributed by atoms with Crippen LogP contribution in [0, 0.1) is 0 Å². The third-order valence-corrected chi connectivity index (χ3v) is 5.72. The number of aryl methyl sites for hydroxylation is 1. The van der Waals surface area contributed by atoms with Crippen LogP contribution < -0.4 is 10.1 Å². The summed E-state index contributed by atoms with van der Waals surface area (Å²) in [7, 11) is 1.63. The van der Waals surface area contributed by atoms with E-state index < -0.39 is 0 Å². The summed E-state index contributed by atoms with van der Waals surface area (Å²) in [6.45, 7) is 2.45. The van der Waals surface area contributed by atoms with Crippen molar-refractivity contribution in [3.8, 4) is 22.7 Å². The van der Waals surface area contributed by atoms with Gasteiger partial charge in [0.05, 0.1) is 35.6 Å². The molecule has 0 atom stereocenters. The molecule has 0 spiro atoms. The van der Waals surface area contributed by atoms with Gasteiger partial charge in [-0.05, 0) is 42.8 Å². The second-order valence-electron chi connectivity index (χ2n) is 6.67. The molecule has 0 aliphatic heterocycles. The Bertz CT molecular complexity index is 1130. The number of rotatable bonds is 7. The van der Waals surface area contributed by atoms with E-state index >= 15 is 0 Å². The standard InChI is InChI=1S/C23H22N4O2S/c1-3-21-25-17(15-30-21)13-24-23(28)20-14-27(18-7-5-4-6-8-18)26-22(20)16-9-11-19(29-2)12-10-16/h4-12,14-15H,3,13H2,1-2H3,(H,24,28). The van der Waals surface area contributed by atoms with Gasteiger partial charge in [-0.15, -0.1) is 11.3 Å². The van der Waals surface area contributed by atoms with Crippen LogP contribution in [0.3, 0.4) is 0 Å². The molecule has 1 N–H and O–H groups in total. The molecule has 0 radical (unpaired) electrons. The van der Waals surface area contributed by atoms with Crippen molar-refractivity contribution in [1.29, 1.82) is 0 Å². The zero-order chi connectivity index (χ0) is 20.9. The molecular weight excluding hydrogens is 396 g/mol. The predicted molar refractivity (Wildman–Crippen MR) is 118 cm³/mol. The van der Waals surface area contributed by atoms with Crippen LogP contribution in [0.5, 0.6) is 5.75 Å². The molecule has 1 amide bonds. The summed E-state index contributed by atoms with van der Waals surface area (Å²) in [5.41, 5.74) is 3.73. The molecule has 2 heterocycles. The number of methoxy groups -OCH3 is 1. The van der Waals surface area contributed by atoms with E-state index in [9.17, 15) is 4.79 Å². The Balaban J connectivity index is 1.65. The summed E-state index contributed by atoms with van der Waals surface area (Å²) < 4.78 is 6.97. The van der Waals surface area contributed by atoms with E-state index in [1.165, 1.54) is 0 Å². The Morgan fingerprint density at radius 2 is 1.90 bits per heavy atom. The molecule has 6 nitrogen and oxygen atoms in total. The van der Waals surface area contributed by atoms with Gasteiger partial charge in [-0.1, -0.05) is 25.1 Å². The number of nitrogens with one attached hydrogen (secondary N) is 1. The van der Waals surface area contributed by atoms with Gasteiger partial charge in [-0.3, -0.25) is 4.79 Å². The van der Waals surface area contributed by atoms with Gasteiger partial charge in [-0.25, -0.2) is 9.67 Å². The second kappa shape index (κ2) is 8.92. The molecule has 152 valence electrons. The smallest absolute Gasteiger partial charge is 0.255 e. The highest BCUT2D eigenvalue weighted by molar-refractivity contribution is 7.09. The van der Waals surface area contributed by atoms with Crippen LogP contribution in [0.1, 0.15) is 28.0 Å². The van der Waals surface area contributed by atoms with Gasteiger partial charge in [0.15, 0.2) is 0 Å². The number of carbonyl (C=O) groups is 1. The average Bonchev–Trinajstić information content (AvgIpc) is 3.45. The maximum atomic E-state index is 13.0. The Morgan fingerprint density at radius 3 is 2.57 bits per heavy atom. The molecule has 30 heavy (non-hydrogen) atoms. The number of carbonyl (C=O) groups excluding carboxylic acids is 1. The first kappa shape index (κ1) is 19.8. The molecule has 0 aliphatic carbocycles. The molecular formula is C23H22N4O2S. The monoisotopic (exact) mass is 418 g/mol. The van der Waals surface area contributed by atoms with Gasteiger partial charge < -0.3 is 10.1 Å². The van der Waals surface area contributed by atoms with Crippen LogP contribution in [0.15, 0.2) is 66.2 Å². The number of aromatic nitrogens is 3. The van der Waals surface area contributed by atoms with Crippen molar-refractivity contribution in [3.63, 3.8) is 0 Å². The van der Waals surface area contributed by atoms with Crippen LogP contribution >= 0.6 is 11.3 Å². The highest BCUT2D eigenvalue weighted by Crippen LogP contribution is 2.26. The lowest BCUT2D eigenvalue weighted by molar-refractivity contribution is 0.0951.